The molecule has 0 fully saturated rings. The van der Waals surface area contributed by atoms with Gasteiger partial charge in [0.2, 0.25) is 5.88 Å². The first-order valence-electron chi connectivity index (χ1n) is 6.33. The first kappa shape index (κ1) is 14.0. The topological polar surface area (TPSA) is 84.9 Å². The number of nitrogens with two attached hydrogens (primary N) is 1. The highest BCUT2D eigenvalue weighted by Crippen LogP contribution is 2.33. The molecule has 0 unspecified atom stereocenters. The van der Waals surface area contributed by atoms with Gasteiger partial charge in [0.05, 0.1) is 11.8 Å². The van der Waals surface area contributed by atoms with Crippen LogP contribution < -0.4 is 10.5 Å². The van der Waals surface area contributed by atoms with Crippen LogP contribution in [0.1, 0.15) is 31.9 Å². The average Bonchev–Trinajstić information content (AvgIpc) is 2.38. The molecule has 3 N–H and O–H groups in total. The highest BCUT2D eigenvalue weighted by molar-refractivity contribution is 5.96. The van der Waals surface area contributed by atoms with E-state index in [4.69, 9.17) is 15.9 Å². The summed E-state index contributed by atoms with van der Waals surface area (Å²) in [4.78, 5) is 0. The van der Waals surface area contributed by atoms with Gasteiger partial charge in [0, 0.05) is 5.56 Å². The molecule has 0 amide bonds. The lowest BCUT2D eigenvalue weighted by molar-refractivity contribution is 0.433. The van der Waals surface area contributed by atoms with Crippen molar-refractivity contribution in [2.24, 2.45) is 5.73 Å². The van der Waals surface area contributed by atoms with Gasteiger partial charge in [-0.2, -0.15) is 5.10 Å². The molecular formula is C15H18N4O. The zero-order valence-electron chi connectivity index (χ0n) is 11.8. The zero-order valence-corrected chi connectivity index (χ0v) is 11.8. The Morgan fingerprint density at radius 1 is 1.20 bits per heavy atom. The monoisotopic (exact) mass is 270 g/mol. The van der Waals surface area contributed by atoms with Crippen LogP contribution in [-0.4, -0.2) is 16.0 Å². The van der Waals surface area contributed by atoms with E-state index in [1.807, 2.05) is 24.3 Å². The Bertz CT molecular complexity index is 632. The first-order valence-corrected chi connectivity index (χ1v) is 6.33. The number of ether oxygens (including phenoxy) is 1. The van der Waals surface area contributed by atoms with Crippen molar-refractivity contribution < 1.29 is 4.74 Å². The third kappa shape index (κ3) is 2.93. The van der Waals surface area contributed by atoms with Gasteiger partial charge in [-0.25, -0.2) is 0 Å². The van der Waals surface area contributed by atoms with Gasteiger partial charge in [-0.15, -0.1) is 5.10 Å². The summed E-state index contributed by atoms with van der Waals surface area (Å²) in [6.45, 7) is 6.33. The summed E-state index contributed by atoms with van der Waals surface area (Å²) in [5.41, 5.74) is 6.96. The molecule has 0 aliphatic carbocycles. The first-order chi connectivity index (χ1) is 9.39. The van der Waals surface area contributed by atoms with E-state index < -0.39 is 0 Å². The number of hydrogen-bond acceptors (Lipinski definition) is 4. The molecular weight excluding hydrogens is 252 g/mol. The highest BCUT2D eigenvalue weighted by Gasteiger charge is 2.20. The third-order valence-electron chi connectivity index (χ3n) is 2.88. The van der Waals surface area contributed by atoms with Crippen molar-refractivity contribution in [1.29, 1.82) is 5.41 Å². The second-order valence-corrected chi connectivity index (χ2v) is 5.51. The third-order valence-corrected chi connectivity index (χ3v) is 2.88. The van der Waals surface area contributed by atoms with Crippen LogP contribution in [0.5, 0.6) is 11.6 Å². The van der Waals surface area contributed by atoms with Gasteiger partial charge in [0.1, 0.15) is 11.6 Å². The van der Waals surface area contributed by atoms with Crippen molar-refractivity contribution in [3.05, 3.63) is 47.7 Å². The molecule has 5 nitrogen and oxygen atoms in total. The van der Waals surface area contributed by atoms with Gasteiger partial charge in [0.25, 0.3) is 0 Å². The molecule has 1 heterocycles. The van der Waals surface area contributed by atoms with E-state index >= 15 is 0 Å². The Morgan fingerprint density at radius 3 is 2.55 bits per heavy atom. The Hall–Kier alpha value is -2.43. The molecule has 1 aromatic heterocycles. The predicted octanol–water partition coefficient (Wildman–Crippen LogP) is 2.85. The molecule has 104 valence electrons. The predicted molar refractivity (Wildman–Crippen MR) is 78.3 cm³/mol. The number of nitrogen functional groups attached to an aromatic ring is 1. The van der Waals surface area contributed by atoms with E-state index in [2.05, 4.69) is 31.0 Å². The number of rotatable bonds is 3. The van der Waals surface area contributed by atoms with Crippen LogP contribution in [0.15, 0.2) is 36.5 Å². The number of para-hydroxylation sites is 1. The van der Waals surface area contributed by atoms with Crippen LogP contribution in [0.25, 0.3) is 0 Å². The second kappa shape index (κ2) is 5.28. The number of aromatic nitrogens is 2. The summed E-state index contributed by atoms with van der Waals surface area (Å²) in [6.07, 6.45) is 1.49. The molecule has 0 saturated carbocycles. The van der Waals surface area contributed by atoms with Crippen molar-refractivity contribution in [1.82, 2.24) is 10.2 Å². The smallest absolute Gasteiger partial charge is 0.249 e. The van der Waals surface area contributed by atoms with E-state index in [0.717, 1.165) is 5.56 Å². The Labute approximate surface area is 118 Å². The number of nitrogens with zero attached hydrogens (tertiary/aromatic N) is 2. The van der Waals surface area contributed by atoms with Crippen molar-refractivity contribution in [2.45, 2.75) is 26.2 Å². The van der Waals surface area contributed by atoms with E-state index in [1.54, 1.807) is 6.07 Å². The van der Waals surface area contributed by atoms with Gasteiger partial charge < -0.3 is 10.5 Å². The minimum absolute atomic E-state index is 0.0603. The number of benzene rings is 1. The summed E-state index contributed by atoms with van der Waals surface area (Å²) in [7, 11) is 0. The van der Waals surface area contributed by atoms with Crippen LogP contribution in [0, 0.1) is 5.41 Å². The molecule has 0 bridgehead atoms. The standard InChI is InChI=1S/C15H18N4O/c1-15(2,3)11-6-4-5-7-12(11)20-14-10(13(16)17)8-9-18-19-14/h4-9H,1-3H3,(H3,16,17). The Morgan fingerprint density at radius 2 is 1.90 bits per heavy atom. The largest absolute Gasteiger partial charge is 0.437 e. The van der Waals surface area contributed by atoms with Crippen LogP contribution in [0.3, 0.4) is 0 Å². The molecule has 0 spiro atoms. The van der Waals surface area contributed by atoms with Crippen molar-refractivity contribution in [3.63, 3.8) is 0 Å². The Balaban J connectivity index is 2.44. The number of amidine groups is 1. The van der Waals surface area contributed by atoms with Gasteiger partial charge in [-0.1, -0.05) is 39.0 Å². The minimum atomic E-state index is -0.0943. The minimum Gasteiger partial charge on any atom is -0.437 e. The molecule has 0 atom stereocenters. The van der Waals surface area contributed by atoms with Crippen molar-refractivity contribution >= 4 is 5.84 Å². The fourth-order valence-electron chi connectivity index (χ4n) is 1.88. The Kier molecular flexibility index (Phi) is 3.70. The highest BCUT2D eigenvalue weighted by atomic mass is 16.5. The summed E-state index contributed by atoms with van der Waals surface area (Å²) in [5, 5.41) is 15.3. The SMILES string of the molecule is CC(C)(C)c1ccccc1Oc1nnccc1C(=N)N. The molecule has 2 rings (SSSR count). The lowest BCUT2D eigenvalue weighted by atomic mass is 9.86. The maximum atomic E-state index is 7.55. The van der Waals surface area contributed by atoms with E-state index in [9.17, 15) is 0 Å². The number of nitrogens with one attached hydrogen (secondary N) is 1. The average molecular weight is 270 g/mol. The summed E-state index contributed by atoms with van der Waals surface area (Å²) in [5.74, 6) is 0.850. The maximum absolute atomic E-state index is 7.55. The second-order valence-electron chi connectivity index (χ2n) is 5.51. The maximum Gasteiger partial charge on any atom is 0.249 e. The van der Waals surface area contributed by atoms with E-state index in [1.165, 1.54) is 6.20 Å². The molecule has 0 radical (unpaired) electrons. The molecule has 1 aromatic carbocycles. The number of hydrogen-bond donors (Lipinski definition) is 2. The van der Waals surface area contributed by atoms with E-state index in [0.29, 0.717) is 11.3 Å². The van der Waals surface area contributed by atoms with Gasteiger partial charge >= 0.3 is 0 Å². The van der Waals surface area contributed by atoms with Gasteiger partial charge in [-0.05, 0) is 17.5 Å². The lowest BCUT2D eigenvalue weighted by Gasteiger charge is -2.22. The summed E-state index contributed by atoms with van der Waals surface area (Å²) in [6, 6.07) is 9.37. The molecule has 0 aliphatic rings. The normalized spacial score (nSPS) is 11.2. The fourth-order valence-corrected chi connectivity index (χ4v) is 1.88. The molecule has 2 aromatic rings. The van der Waals surface area contributed by atoms with Crippen LogP contribution in [-0.2, 0) is 5.41 Å². The van der Waals surface area contributed by atoms with Crippen LogP contribution in [0.4, 0.5) is 0 Å². The lowest BCUT2D eigenvalue weighted by Crippen LogP contribution is -2.15. The zero-order chi connectivity index (χ0) is 14.8. The fraction of sp³-hybridized carbons (Fsp3) is 0.267. The quantitative estimate of drug-likeness (QED) is 0.663. The molecule has 0 saturated heterocycles. The van der Waals surface area contributed by atoms with Gasteiger partial charge in [-0.3, -0.25) is 5.41 Å². The molecule has 5 heteroatoms. The molecule has 20 heavy (non-hydrogen) atoms. The van der Waals surface area contributed by atoms with Crippen molar-refractivity contribution in [2.75, 3.05) is 0 Å². The summed E-state index contributed by atoms with van der Waals surface area (Å²) >= 11 is 0. The molecule has 0 aliphatic heterocycles. The summed E-state index contributed by atoms with van der Waals surface area (Å²) < 4.78 is 5.83. The van der Waals surface area contributed by atoms with Gasteiger partial charge in [0.15, 0.2) is 0 Å². The van der Waals surface area contributed by atoms with Crippen LogP contribution in [0.2, 0.25) is 0 Å². The van der Waals surface area contributed by atoms with Crippen molar-refractivity contribution in [3.8, 4) is 11.6 Å². The van der Waals surface area contributed by atoms with Crippen LogP contribution >= 0.6 is 0 Å². The van der Waals surface area contributed by atoms with E-state index in [-0.39, 0.29) is 17.1 Å².